The molecular formula is C10H12N2OS. The molecule has 4 heteroatoms. The van der Waals surface area contributed by atoms with Gasteiger partial charge in [-0.2, -0.15) is 0 Å². The standard InChI is InChI=1S/C10H12N2OS/c1-7-12-10(8(13-7)4-5-11)9-3-2-6-14-9/h2-3,6H,4-5,11H2,1H3. The molecule has 2 rings (SSSR count). The summed E-state index contributed by atoms with van der Waals surface area (Å²) >= 11 is 1.67. The number of nitrogens with zero attached hydrogens (tertiary/aromatic N) is 1. The van der Waals surface area contributed by atoms with Crippen LogP contribution in [-0.2, 0) is 6.42 Å². The Morgan fingerprint density at radius 3 is 3.07 bits per heavy atom. The molecule has 0 aliphatic rings. The molecule has 2 heterocycles. The third-order valence-electron chi connectivity index (χ3n) is 1.93. The van der Waals surface area contributed by atoms with Crippen LogP contribution in [-0.4, -0.2) is 11.5 Å². The molecule has 0 bridgehead atoms. The third-order valence-corrected chi connectivity index (χ3v) is 2.81. The molecule has 2 N–H and O–H groups in total. The normalized spacial score (nSPS) is 10.7. The number of aryl methyl sites for hydroxylation is 1. The van der Waals surface area contributed by atoms with Crippen LogP contribution in [0.15, 0.2) is 21.9 Å². The van der Waals surface area contributed by atoms with Gasteiger partial charge < -0.3 is 10.2 Å². The first-order valence-electron chi connectivity index (χ1n) is 4.51. The lowest BCUT2D eigenvalue weighted by molar-refractivity contribution is 0.476. The number of rotatable bonds is 3. The molecule has 2 aromatic heterocycles. The van der Waals surface area contributed by atoms with Crippen molar-refractivity contribution in [2.24, 2.45) is 5.73 Å². The molecule has 0 spiro atoms. The predicted octanol–water partition coefficient (Wildman–Crippen LogP) is 2.21. The maximum atomic E-state index is 5.51. The Morgan fingerprint density at radius 1 is 1.57 bits per heavy atom. The summed E-state index contributed by atoms with van der Waals surface area (Å²) in [6.45, 7) is 2.45. The zero-order valence-electron chi connectivity index (χ0n) is 7.99. The SMILES string of the molecule is Cc1nc(-c2cccs2)c(CCN)o1. The van der Waals surface area contributed by atoms with E-state index in [1.165, 1.54) is 0 Å². The molecule has 74 valence electrons. The molecule has 0 amide bonds. The molecule has 0 saturated heterocycles. The average molecular weight is 208 g/mol. The first kappa shape index (κ1) is 9.43. The van der Waals surface area contributed by atoms with E-state index < -0.39 is 0 Å². The van der Waals surface area contributed by atoms with Crippen molar-refractivity contribution in [3.05, 3.63) is 29.2 Å². The van der Waals surface area contributed by atoms with E-state index in [4.69, 9.17) is 10.2 Å². The van der Waals surface area contributed by atoms with Gasteiger partial charge in [-0.1, -0.05) is 6.07 Å². The molecule has 0 radical (unpaired) electrons. The number of thiophene rings is 1. The van der Waals surface area contributed by atoms with Gasteiger partial charge in [0, 0.05) is 13.3 Å². The van der Waals surface area contributed by atoms with E-state index in [2.05, 4.69) is 4.98 Å². The van der Waals surface area contributed by atoms with Crippen LogP contribution < -0.4 is 5.73 Å². The molecule has 2 aromatic rings. The van der Waals surface area contributed by atoms with Crippen molar-refractivity contribution < 1.29 is 4.42 Å². The summed E-state index contributed by atoms with van der Waals surface area (Å²) in [6.07, 6.45) is 0.744. The Labute approximate surface area is 86.6 Å². The second kappa shape index (κ2) is 3.94. The number of aromatic nitrogens is 1. The molecule has 0 saturated carbocycles. The summed E-state index contributed by atoms with van der Waals surface area (Å²) < 4.78 is 5.49. The van der Waals surface area contributed by atoms with Crippen LogP contribution in [0.3, 0.4) is 0 Å². The molecule has 14 heavy (non-hydrogen) atoms. The lowest BCUT2D eigenvalue weighted by Gasteiger charge is -1.94. The van der Waals surface area contributed by atoms with Gasteiger partial charge in [-0.3, -0.25) is 0 Å². The minimum absolute atomic E-state index is 0.590. The fourth-order valence-electron chi connectivity index (χ4n) is 1.38. The molecule has 0 aliphatic carbocycles. The summed E-state index contributed by atoms with van der Waals surface area (Å²) in [4.78, 5) is 5.50. The van der Waals surface area contributed by atoms with E-state index in [-0.39, 0.29) is 0 Å². The highest BCUT2D eigenvalue weighted by Crippen LogP contribution is 2.27. The Morgan fingerprint density at radius 2 is 2.43 bits per heavy atom. The van der Waals surface area contributed by atoms with Crippen molar-refractivity contribution in [2.75, 3.05) is 6.54 Å². The van der Waals surface area contributed by atoms with Crippen molar-refractivity contribution in [3.8, 4) is 10.6 Å². The molecule has 0 unspecified atom stereocenters. The predicted molar refractivity (Wildman–Crippen MR) is 57.3 cm³/mol. The van der Waals surface area contributed by atoms with E-state index in [9.17, 15) is 0 Å². The Kier molecular flexibility index (Phi) is 2.65. The van der Waals surface area contributed by atoms with Crippen LogP contribution in [0.1, 0.15) is 11.7 Å². The Bertz CT molecular complexity index is 406. The number of nitrogens with two attached hydrogens (primary N) is 1. The van der Waals surface area contributed by atoms with Crippen LogP contribution in [0.4, 0.5) is 0 Å². The first-order chi connectivity index (χ1) is 6.81. The highest BCUT2D eigenvalue weighted by molar-refractivity contribution is 7.13. The highest BCUT2D eigenvalue weighted by atomic mass is 32.1. The summed E-state index contributed by atoms with van der Waals surface area (Å²) in [6, 6.07) is 4.05. The lowest BCUT2D eigenvalue weighted by atomic mass is 10.2. The second-order valence-electron chi connectivity index (χ2n) is 3.02. The van der Waals surface area contributed by atoms with Gasteiger partial charge in [0.2, 0.25) is 0 Å². The van der Waals surface area contributed by atoms with Crippen molar-refractivity contribution in [1.29, 1.82) is 0 Å². The highest BCUT2D eigenvalue weighted by Gasteiger charge is 2.12. The topological polar surface area (TPSA) is 52.0 Å². The molecule has 0 aliphatic heterocycles. The summed E-state index contributed by atoms with van der Waals surface area (Å²) in [5.41, 5.74) is 6.45. The largest absolute Gasteiger partial charge is 0.445 e. The van der Waals surface area contributed by atoms with Crippen molar-refractivity contribution >= 4 is 11.3 Å². The zero-order chi connectivity index (χ0) is 9.97. The smallest absolute Gasteiger partial charge is 0.191 e. The quantitative estimate of drug-likeness (QED) is 0.841. The molecule has 0 atom stereocenters. The van der Waals surface area contributed by atoms with Crippen molar-refractivity contribution in [2.45, 2.75) is 13.3 Å². The fraction of sp³-hybridized carbons (Fsp3) is 0.300. The Balaban J connectivity index is 2.41. The summed E-state index contributed by atoms with van der Waals surface area (Å²) in [5.74, 6) is 1.60. The molecular weight excluding hydrogens is 196 g/mol. The van der Waals surface area contributed by atoms with Gasteiger partial charge in [-0.05, 0) is 18.0 Å². The van der Waals surface area contributed by atoms with Gasteiger partial charge >= 0.3 is 0 Å². The van der Waals surface area contributed by atoms with Gasteiger partial charge in [0.05, 0.1) is 4.88 Å². The van der Waals surface area contributed by atoms with Gasteiger partial charge in [-0.15, -0.1) is 11.3 Å². The van der Waals surface area contributed by atoms with Gasteiger partial charge in [0.1, 0.15) is 11.5 Å². The first-order valence-corrected chi connectivity index (χ1v) is 5.39. The maximum Gasteiger partial charge on any atom is 0.191 e. The van der Waals surface area contributed by atoms with E-state index in [1.807, 2.05) is 24.4 Å². The van der Waals surface area contributed by atoms with Crippen LogP contribution in [0.2, 0.25) is 0 Å². The fourth-order valence-corrected chi connectivity index (χ4v) is 2.11. The maximum absolute atomic E-state index is 5.51. The van der Waals surface area contributed by atoms with E-state index >= 15 is 0 Å². The van der Waals surface area contributed by atoms with E-state index in [0.717, 1.165) is 22.8 Å². The zero-order valence-corrected chi connectivity index (χ0v) is 8.80. The van der Waals surface area contributed by atoms with Crippen LogP contribution in [0.5, 0.6) is 0 Å². The van der Waals surface area contributed by atoms with Gasteiger partial charge in [0.15, 0.2) is 5.89 Å². The minimum Gasteiger partial charge on any atom is -0.445 e. The van der Waals surface area contributed by atoms with E-state index in [0.29, 0.717) is 12.4 Å². The van der Waals surface area contributed by atoms with E-state index in [1.54, 1.807) is 11.3 Å². The number of hydrogen-bond acceptors (Lipinski definition) is 4. The molecule has 0 aromatic carbocycles. The van der Waals surface area contributed by atoms with Crippen LogP contribution >= 0.6 is 11.3 Å². The van der Waals surface area contributed by atoms with Crippen LogP contribution in [0, 0.1) is 6.92 Å². The Hall–Kier alpha value is -1.13. The number of hydrogen-bond donors (Lipinski definition) is 1. The lowest BCUT2D eigenvalue weighted by Crippen LogP contribution is -2.02. The summed E-state index contributed by atoms with van der Waals surface area (Å²) in [5, 5.41) is 2.03. The van der Waals surface area contributed by atoms with Crippen molar-refractivity contribution in [1.82, 2.24) is 4.98 Å². The summed E-state index contributed by atoms with van der Waals surface area (Å²) in [7, 11) is 0. The van der Waals surface area contributed by atoms with Gasteiger partial charge in [-0.25, -0.2) is 4.98 Å². The molecule has 0 fully saturated rings. The van der Waals surface area contributed by atoms with Crippen LogP contribution in [0.25, 0.3) is 10.6 Å². The molecule has 3 nitrogen and oxygen atoms in total. The van der Waals surface area contributed by atoms with Gasteiger partial charge in [0.25, 0.3) is 0 Å². The second-order valence-corrected chi connectivity index (χ2v) is 3.97. The monoisotopic (exact) mass is 208 g/mol. The number of oxazole rings is 1. The third kappa shape index (κ3) is 1.71. The van der Waals surface area contributed by atoms with Crippen molar-refractivity contribution in [3.63, 3.8) is 0 Å². The average Bonchev–Trinajstić information content (AvgIpc) is 2.74. The minimum atomic E-state index is 0.590.